The molecule has 0 amide bonds. The van der Waals surface area contributed by atoms with Crippen molar-refractivity contribution in [2.45, 2.75) is 41.5 Å². The summed E-state index contributed by atoms with van der Waals surface area (Å²) < 4.78 is 22.8. The fourth-order valence-corrected chi connectivity index (χ4v) is 16.7. The first-order valence-electron chi connectivity index (χ1n) is 31.7. The maximum absolute atomic E-state index is 6.38. The number of hydrogen-bond acceptors (Lipinski definition) is 2. The molecule has 6 heterocycles. The molecule has 0 N–H and O–H groups in total. The lowest BCUT2D eigenvalue weighted by Gasteiger charge is -2.26. The topological polar surface area (TPSA) is 46.0 Å². The maximum Gasteiger partial charge on any atom is 0.242 e. The number of aryl methyl sites for hydroxylation is 6. The Balaban J connectivity index is 0.915. The Hall–Kier alpha value is -11.3. The maximum atomic E-state index is 6.38. The molecule has 91 heavy (non-hydrogen) atoms. The fourth-order valence-electron chi connectivity index (χ4n) is 16.7. The van der Waals surface area contributed by atoms with Gasteiger partial charge < -0.3 is 27.1 Å². The average molecular weight is 1170 g/mol. The Morgan fingerprint density at radius 1 is 0.242 bits per heavy atom. The van der Waals surface area contributed by atoms with Crippen LogP contribution in [-0.2, 0) is 0 Å². The highest BCUT2D eigenvalue weighted by Crippen LogP contribution is 2.46. The van der Waals surface area contributed by atoms with Crippen LogP contribution in [0.1, 0.15) is 33.4 Å². The molecule has 0 aliphatic heterocycles. The summed E-state index contributed by atoms with van der Waals surface area (Å²) in [6.07, 6.45) is 0. The van der Waals surface area contributed by atoms with Gasteiger partial charge in [0.05, 0.1) is 44.1 Å². The molecule has 19 rings (SSSR count). The Kier molecular flexibility index (Phi) is 10.9. The summed E-state index contributed by atoms with van der Waals surface area (Å²) in [5.41, 5.74) is 28.8. The van der Waals surface area contributed by atoms with Crippen LogP contribution in [-0.4, -0.2) is 25.0 Å². The minimum Gasteiger partial charge on any atom is -0.456 e. The zero-order valence-electron chi connectivity index (χ0n) is 51.4. The number of para-hydroxylation sites is 6. The van der Waals surface area contributed by atoms with Gasteiger partial charge in [-0.25, -0.2) is 0 Å². The third-order valence-electron chi connectivity index (χ3n) is 20.0. The van der Waals surface area contributed by atoms with Crippen molar-refractivity contribution in [3.63, 3.8) is 0 Å². The highest BCUT2D eigenvalue weighted by molar-refractivity contribution is 6.96. The Labute approximate surface area is 524 Å². The molecule has 0 fully saturated rings. The van der Waals surface area contributed by atoms with Gasteiger partial charge in [0.1, 0.15) is 22.3 Å². The van der Waals surface area contributed by atoms with Crippen LogP contribution in [0.25, 0.3) is 154 Å². The summed E-state index contributed by atoms with van der Waals surface area (Å²) in [5.74, 6) is 0. The van der Waals surface area contributed by atoms with E-state index in [1.807, 2.05) is 12.1 Å². The molecular formula is C84H59BN4O2. The molecule has 0 unspecified atom stereocenters. The van der Waals surface area contributed by atoms with Crippen LogP contribution in [0.2, 0.25) is 0 Å². The van der Waals surface area contributed by atoms with Gasteiger partial charge in [0.15, 0.2) is 0 Å². The number of aromatic nitrogens is 4. The van der Waals surface area contributed by atoms with Gasteiger partial charge in [-0.2, -0.15) is 0 Å². The van der Waals surface area contributed by atoms with Crippen molar-refractivity contribution in [2.24, 2.45) is 0 Å². The first-order chi connectivity index (χ1) is 44.6. The number of nitrogens with zero attached hydrogens (tertiary/aromatic N) is 4. The van der Waals surface area contributed by atoms with E-state index in [2.05, 4.69) is 296 Å². The van der Waals surface area contributed by atoms with Crippen molar-refractivity contribution in [3.8, 4) is 22.7 Å². The van der Waals surface area contributed by atoms with Crippen molar-refractivity contribution >= 4 is 154 Å². The van der Waals surface area contributed by atoms with Gasteiger partial charge in [-0.1, -0.05) is 183 Å². The van der Waals surface area contributed by atoms with Gasteiger partial charge in [0, 0.05) is 87.4 Å². The molecule has 0 spiro atoms. The van der Waals surface area contributed by atoms with Crippen molar-refractivity contribution in [1.29, 1.82) is 0 Å². The Bertz CT molecular complexity index is 5940. The largest absolute Gasteiger partial charge is 0.456 e. The number of benzene rings is 13. The van der Waals surface area contributed by atoms with Gasteiger partial charge in [-0.15, -0.1) is 0 Å². The second-order valence-electron chi connectivity index (χ2n) is 25.5. The summed E-state index contributed by atoms with van der Waals surface area (Å²) in [6.45, 7) is 13.6. The molecule has 0 saturated heterocycles. The molecule has 0 aliphatic rings. The predicted octanol–water partition coefficient (Wildman–Crippen LogP) is 20.2. The van der Waals surface area contributed by atoms with E-state index < -0.39 is 0 Å². The third kappa shape index (κ3) is 7.37. The molecule has 19 aromatic rings. The van der Waals surface area contributed by atoms with Crippen molar-refractivity contribution in [1.82, 2.24) is 18.3 Å². The number of hydrogen-bond donors (Lipinski definition) is 0. The van der Waals surface area contributed by atoms with E-state index >= 15 is 0 Å². The lowest BCUT2D eigenvalue weighted by atomic mass is 9.34. The van der Waals surface area contributed by atoms with Gasteiger partial charge >= 0.3 is 0 Å². The minimum absolute atomic E-state index is 0.107. The number of fused-ring (bicyclic) bond motifs is 20. The van der Waals surface area contributed by atoms with Crippen molar-refractivity contribution in [3.05, 3.63) is 282 Å². The van der Waals surface area contributed by atoms with Gasteiger partial charge in [0.25, 0.3) is 0 Å². The van der Waals surface area contributed by atoms with E-state index in [9.17, 15) is 0 Å². The van der Waals surface area contributed by atoms with E-state index in [1.165, 1.54) is 92.9 Å². The van der Waals surface area contributed by atoms with E-state index in [0.29, 0.717) is 0 Å². The fraction of sp³-hybridized carbons (Fsp3) is 0.0714. The van der Waals surface area contributed by atoms with E-state index in [4.69, 9.17) is 8.83 Å². The minimum atomic E-state index is -0.107. The van der Waals surface area contributed by atoms with Crippen LogP contribution in [0, 0.1) is 41.5 Å². The lowest BCUT2D eigenvalue weighted by molar-refractivity contribution is 0.668. The first-order valence-corrected chi connectivity index (χ1v) is 31.7. The van der Waals surface area contributed by atoms with Crippen molar-refractivity contribution < 1.29 is 8.83 Å². The normalized spacial score (nSPS) is 12.3. The monoisotopic (exact) mass is 1170 g/mol. The molecule has 7 heteroatoms. The quantitative estimate of drug-likeness (QED) is 0.149. The molecule has 6 aromatic heterocycles. The molecule has 0 bridgehead atoms. The highest BCUT2D eigenvalue weighted by atomic mass is 16.3. The van der Waals surface area contributed by atoms with Crippen molar-refractivity contribution in [2.75, 3.05) is 0 Å². The smallest absolute Gasteiger partial charge is 0.242 e. The molecule has 0 radical (unpaired) electrons. The van der Waals surface area contributed by atoms with E-state index in [1.54, 1.807) is 0 Å². The molecule has 6 nitrogen and oxygen atoms in total. The molecular weight excluding hydrogens is 1110 g/mol. The first kappa shape index (κ1) is 51.7. The number of furan rings is 2. The van der Waals surface area contributed by atoms with Crippen LogP contribution >= 0.6 is 0 Å². The second-order valence-corrected chi connectivity index (χ2v) is 25.5. The summed E-state index contributed by atoms with van der Waals surface area (Å²) in [4.78, 5) is 0. The molecule has 0 atom stereocenters. The average Bonchev–Trinajstić information content (AvgIpc) is 1.58. The standard InChI is InChI=1S/C84H59BN4O2/c1-48-39-50(3)83(51(4)40-48)85(84-52(5)41-49(2)42-53(84)6)54-43-57(88-69-27-15-9-23-63(69)81-73(88)35-33-71-79(81)61-21-7-13-25-67(61)86(71)55-31-37-77-65(46-55)59-19-11-17-29-75(59)90-77)45-58(44-54)89-70-28-16-10-24-64(70)82-74(89)36-34-72-80(82)62-22-8-14-26-68(62)87(72)56-32-38-78-66(47-56)60-20-12-18-30-76(60)91-78/h7-47H,1-6H3. The van der Waals surface area contributed by atoms with E-state index in [-0.39, 0.29) is 6.71 Å². The van der Waals surface area contributed by atoms with Crippen LogP contribution < -0.4 is 16.4 Å². The van der Waals surface area contributed by atoms with Crippen LogP contribution in [0.5, 0.6) is 0 Å². The predicted molar refractivity (Wildman–Crippen MR) is 384 cm³/mol. The van der Waals surface area contributed by atoms with Crippen LogP contribution in [0.15, 0.2) is 258 Å². The molecule has 0 aliphatic carbocycles. The summed E-state index contributed by atoms with van der Waals surface area (Å²) in [6, 6.07) is 92.6. The lowest BCUT2D eigenvalue weighted by Crippen LogP contribution is -2.56. The SMILES string of the molecule is Cc1cc(C)c(B(c2cc(-n3c4ccccc4c4c5c6ccccc6n(-c6ccc7oc8ccccc8c7c6)c5ccc43)cc(-n3c4ccccc4c4c5c6ccccc6n(-c6ccc7oc8ccccc8c7c6)c5ccc43)c2)c2c(C)cc(C)cc2C)c(C)c1. The zero-order chi connectivity index (χ0) is 60.7. The highest BCUT2D eigenvalue weighted by Gasteiger charge is 2.32. The van der Waals surface area contributed by atoms with Gasteiger partial charge in [0.2, 0.25) is 6.71 Å². The van der Waals surface area contributed by atoms with Crippen LogP contribution in [0.4, 0.5) is 0 Å². The van der Waals surface area contributed by atoms with Crippen LogP contribution in [0.3, 0.4) is 0 Å². The van der Waals surface area contributed by atoms with Gasteiger partial charge in [-0.05, 0) is 157 Å². The third-order valence-corrected chi connectivity index (χ3v) is 20.0. The Morgan fingerprint density at radius 3 is 0.890 bits per heavy atom. The molecule has 13 aromatic carbocycles. The number of rotatable bonds is 7. The zero-order valence-corrected chi connectivity index (χ0v) is 51.4. The molecule has 0 saturated carbocycles. The van der Waals surface area contributed by atoms with Gasteiger partial charge in [-0.3, -0.25) is 0 Å². The molecule has 430 valence electrons. The second kappa shape index (κ2) is 19.1. The summed E-state index contributed by atoms with van der Waals surface area (Å²) >= 11 is 0. The Morgan fingerprint density at radius 2 is 0.538 bits per heavy atom. The summed E-state index contributed by atoms with van der Waals surface area (Å²) in [7, 11) is 0. The summed E-state index contributed by atoms with van der Waals surface area (Å²) in [5, 5.41) is 14.2. The van der Waals surface area contributed by atoms with E-state index in [0.717, 1.165) is 111 Å².